The molecule has 0 unspecified atom stereocenters. The van der Waals surface area contributed by atoms with Gasteiger partial charge in [0, 0.05) is 18.9 Å². The molecule has 0 bridgehead atoms. The zero-order valence-corrected chi connectivity index (χ0v) is 17.2. The molecule has 0 saturated heterocycles. The third kappa shape index (κ3) is 3.57. The zero-order valence-electron chi connectivity index (χ0n) is 16.4. The summed E-state index contributed by atoms with van der Waals surface area (Å²) < 4.78 is 15.1. The van der Waals surface area contributed by atoms with E-state index >= 15 is 0 Å². The molecule has 2 heterocycles. The summed E-state index contributed by atoms with van der Waals surface area (Å²) in [4.78, 5) is 43.4. The molecule has 2 aromatic heterocycles. The molecule has 0 aliphatic heterocycles. The SMILES string of the molecule is Cc1c(C(N)=O)c(C)n(C)c1C(=O)C(=O)N(c1cccnc1)c1ccc(F)c(Cl)c1. The van der Waals surface area contributed by atoms with Gasteiger partial charge in [-0.1, -0.05) is 11.6 Å². The van der Waals surface area contributed by atoms with Crippen molar-refractivity contribution in [2.24, 2.45) is 12.8 Å². The van der Waals surface area contributed by atoms with Crippen LogP contribution in [0.25, 0.3) is 0 Å². The molecule has 0 fully saturated rings. The molecular formula is C21H18ClFN4O3. The van der Waals surface area contributed by atoms with Gasteiger partial charge in [-0.2, -0.15) is 0 Å². The Morgan fingerprint density at radius 2 is 1.87 bits per heavy atom. The van der Waals surface area contributed by atoms with Gasteiger partial charge in [-0.3, -0.25) is 24.3 Å². The molecular weight excluding hydrogens is 411 g/mol. The summed E-state index contributed by atoms with van der Waals surface area (Å²) in [6.07, 6.45) is 2.90. The lowest BCUT2D eigenvalue weighted by Gasteiger charge is -2.22. The predicted molar refractivity (Wildman–Crippen MR) is 111 cm³/mol. The summed E-state index contributed by atoms with van der Waals surface area (Å²) in [6.45, 7) is 3.18. The monoisotopic (exact) mass is 428 g/mol. The van der Waals surface area contributed by atoms with Crippen LogP contribution < -0.4 is 10.6 Å². The third-order valence-electron chi connectivity index (χ3n) is 4.85. The fourth-order valence-corrected chi connectivity index (χ4v) is 3.53. The Morgan fingerprint density at radius 1 is 1.17 bits per heavy atom. The lowest BCUT2D eigenvalue weighted by atomic mass is 10.1. The summed E-state index contributed by atoms with van der Waals surface area (Å²) in [5, 5.41) is -0.205. The van der Waals surface area contributed by atoms with Crippen molar-refractivity contribution in [3.63, 3.8) is 0 Å². The van der Waals surface area contributed by atoms with Crippen LogP contribution in [0.5, 0.6) is 0 Å². The standard InChI is InChI=1S/C21H18ClFN4O3/c1-11-17(20(24)29)12(2)26(3)18(11)19(28)21(30)27(14-5-4-8-25-10-14)13-6-7-16(23)15(22)9-13/h4-10H,1-3H3,(H2,24,29). The van der Waals surface area contributed by atoms with E-state index in [1.165, 1.54) is 29.1 Å². The summed E-state index contributed by atoms with van der Waals surface area (Å²) in [5.41, 5.74) is 6.90. The van der Waals surface area contributed by atoms with Gasteiger partial charge in [0.15, 0.2) is 0 Å². The number of amides is 2. The molecule has 2 N–H and O–H groups in total. The molecule has 0 spiro atoms. The highest BCUT2D eigenvalue weighted by atomic mass is 35.5. The predicted octanol–water partition coefficient (Wildman–Crippen LogP) is 3.48. The van der Waals surface area contributed by atoms with Crippen LogP contribution in [-0.2, 0) is 11.8 Å². The van der Waals surface area contributed by atoms with Gasteiger partial charge in [-0.15, -0.1) is 0 Å². The largest absolute Gasteiger partial charge is 0.366 e. The fourth-order valence-electron chi connectivity index (χ4n) is 3.36. The molecule has 0 aliphatic rings. The number of aromatic nitrogens is 2. The number of halogens is 2. The van der Waals surface area contributed by atoms with Crippen molar-refractivity contribution in [2.45, 2.75) is 13.8 Å². The normalized spacial score (nSPS) is 10.7. The Kier molecular flexibility index (Phi) is 5.71. The van der Waals surface area contributed by atoms with Crippen molar-refractivity contribution in [2.75, 3.05) is 4.90 Å². The molecule has 0 radical (unpaired) electrons. The van der Waals surface area contributed by atoms with E-state index in [2.05, 4.69) is 4.98 Å². The second kappa shape index (κ2) is 8.08. The van der Waals surface area contributed by atoms with Crippen LogP contribution in [0.4, 0.5) is 15.8 Å². The number of hydrogen-bond acceptors (Lipinski definition) is 4. The van der Waals surface area contributed by atoms with Gasteiger partial charge >= 0.3 is 5.91 Å². The van der Waals surface area contributed by atoms with Crippen molar-refractivity contribution < 1.29 is 18.8 Å². The van der Waals surface area contributed by atoms with Crippen LogP contribution in [0.2, 0.25) is 5.02 Å². The summed E-state index contributed by atoms with van der Waals surface area (Å²) >= 11 is 5.89. The molecule has 0 saturated carbocycles. The number of ketones is 1. The van der Waals surface area contributed by atoms with E-state index in [-0.39, 0.29) is 27.7 Å². The Balaban J connectivity index is 2.15. The van der Waals surface area contributed by atoms with Gasteiger partial charge in [-0.05, 0) is 49.7 Å². The van der Waals surface area contributed by atoms with E-state index in [0.29, 0.717) is 11.3 Å². The summed E-state index contributed by atoms with van der Waals surface area (Å²) in [7, 11) is 1.57. The highest BCUT2D eigenvalue weighted by molar-refractivity contribution is 6.48. The molecule has 2 amide bonds. The highest BCUT2D eigenvalue weighted by Crippen LogP contribution is 2.30. The van der Waals surface area contributed by atoms with Crippen LogP contribution >= 0.6 is 11.6 Å². The number of carbonyl (C=O) groups is 3. The summed E-state index contributed by atoms with van der Waals surface area (Å²) in [6, 6.07) is 6.84. The number of carbonyl (C=O) groups excluding carboxylic acids is 3. The third-order valence-corrected chi connectivity index (χ3v) is 5.14. The van der Waals surface area contributed by atoms with Gasteiger partial charge in [0.1, 0.15) is 5.82 Å². The molecule has 1 aromatic carbocycles. The number of anilines is 2. The number of benzene rings is 1. The number of rotatable bonds is 5. The van der Waals surface area contributed by atoms with Crippen molar-refractivity contribution in [3.05, 3.63) is 76.1 Å². The van der Waals surface area contributed by atoms with Gasteiger partial charge in [0.05, 0.1) is 33.9 Å². The first-order valence-electron chi connectivity index (χ1n) is 8.84. The molecule has 0 atom stereocenters. The number of nitrogens with two attached hydrogens (primary N) is 1. The average molecular weight is 429 g/mol. The Hall–Kier alpha value is -3.52. The summed E-state index contributed by atoms with van der Waals surface area (Å²) in [5.74, 6) is -3.15. The Bertz CT molecular complexity index is 1170. The van der Waals surface area contributed by atoms with Crippen molar-refractivity contribution >= 4 is 40.6 Å². The second-order valence-corrected chi connectivity index (χ2v) is 7.04. The molecule has 7 nitrogen and oxygen atoms in total. The minimum atomic E-state index is -0.926. The molecule has 3 aromatic rings. The topological polar surface area (TPSA) is 98.3 Å². The Morgan fingerprint density at radius 3 is 2.40 bits per heavy atom. The minimum absolute atomic E-state index is 0.0356. The van der Waals surface area contributed by atoms with Gasteiger partial charge in [-0.25, -0.2) is 4.39 Å². The van der Waals surface area contributed by atoms with Crippen LogP contribution in [0.1, 0.15) is 32.1 Å². The molecule has 3 rings (SSSR count). The number of hydrogen-bond donors (Lipinski definition) is 1. The first kappa shape index (κ1) is 21.2. The number of Topliss-reactive ketones (excluding diaryl/α,β-unsaturated/α-hetero) is 1. The highest BCUT2D eigenvalue weighted by Gasteiger charge is 2.32. The van der Waals surface area contributed by atoms with Crippen molar-refractivity contribution in [1.82, 2.24) is 9.55 Å². The minimum Gasteiger partial charge on any atom is -0.366 e. The van der Waals surface area contributed by atoms with E-state index in [4.69, 9.17) is 17.3 Å². The zero-order chi connectivity index (χ0) is 22.2. The quantitative estimate of drug-likeness (QED) is 0.496. The van der Waals surface area contributed by atoms with Crippen LogP contribution in [-0.4, -0.2) is 27.1 Å². The van der Waals surface area contributed by atoms with E-state index in [9.17, 15) is 18.8 Å². The van der Waals surface area contributed by atoms with Crippen molar-refractivity contribution in [3.8, 4) is 0 Å². The lowest BCUT2D eigenvalue weighted by Crippen LogP contribution is -2.34. The Labute approximate surface area is 176 Å². The molecule has 0 aliphatic carbocycles. The van der Waals surface area contributed by atoms with Gasteiger partial charge < -0.3 is 10.3 Å². The van der Waals surface area contributed by atoms with Gasteiger partial charge in [0.25, 0.3) is 11.7 Å². The molecule has 30 heavy (non-hydrogen) atoms. The maximum absolute atomic E-state index is 13.7. The fraction of sp³-hybridized carbons (Fsp3) is 0.143. The maximum atomic E-state index is 13.7. The van der Waals surface area contributed by atoms with Crippen LogP contribution in [0.15, 0.2) is 42.7 Å². The van der Waals surface area contributed by atoms with E-state index in [1.807, 2.05) is 0 Å². The van der Waals surface area contributed by atoms with E-state index in [1.54, 1.807) is 33.0 Å². The maximum Gasteiger partial charge on any atom is 0.305 e. The van der Waals surface area contributed by atoms with Crippen molar-refractivity contribution in [1.29, 1.82) is 0 Å². The first-order valence-corrected chi connectivity index (χ1v) is 9.22. The molecule has 9 heteroatoms. The first-order chi connectivity index (χ1) is 14.1. The average Bonchev–Trinajstić information content (AvgIpc) is 2.93. The lowest BCUT2D eigenvalue weighted by molar-refractivity contribution is -0.114. The van der Waals surface area contributed by atoms with E-state index < -0.39 is 23.4 Å². The van der Waals surface area contributed by atoms with E-state index in [0.717, 1.165) is 11.0 Å². The number of pyridine rings is 1. The number of primary amides is 1. The smallest absolute Gasteiger partial charge is 0.305 e. The second-order valence-electron chi connectivity index (χ2n) is 6.64. The van der Waals surface area contributed by atoms with Crippen LogP contribution in [0.3, 0.4) is 0 Å². The molecule has 154 valence electrons. The van der Waals surface area contributed by atoms with Gasteiger partial charge in [0.2, 0.25) is 0 Å². The van der Waals surface area contributed by atoms with Crippen LogP contribution in [0, 0.1) is 19.7 Å². The number of nitrogens with zero attached hydrogens (tertiary/aromatic N) is 3.